The summed E-state index contributed by atoms with van der Waals surface area (Å²) in [5.41, 5.74) is 7.28. The summed E-state index contributed by atoms with van der Waals surface area (Å²) < 4.78 is 0. The van der Waals surface area contributed by atoms with Crippen molar-refractivity contribution in [2.75, 3.05) is 5.73 Å². The van der Waals surface area contributed by atoms with Crippen LogP contribution in [-0.2, 0) is 0 Å². The minimum atomic E-state index is 0. The largest absolute Gasteiger partial charge is 0.375 e. The summed E-state index contributed by atoms with van der Waals surface area (Å²) in [5, 5.41) is 3.50. The smallest absolute Gasteiger partial charge is 0.180 e. The van der Waals surface area contributed by atoms with Crippen LogP contribution in [0.2, 0.25) is 10.0 Å². The number of hydrogen-bond donors (Lipinski definition) is 1. The molecule has 1 aromatic heterocycles. The van der Waals surface area contributed by atoms with Crippen molar-refractivity contribution in [2.24, 2.45) is 0 Å². The van der Waals surface area contributed by atoms with Crippen molar-refractivity contribution in [3.8, 4) is 11.3 Å². The Kier molecular flexibility index (Phi) is 4.40. The molecule has 1 heterocycles. The maximum absolute atomic E-state index is 5.88. The molecular weight excluding hydrogens is 319 g/mol. The van der Waals surface area contributed by atoms with Gasteiger partial charge >= 0.3 is 0 Å². The number of aromatic nitrogens is 1. The molecule has 80 valence electrons. The first-order chi connectivity index (χ1) is 6.66. The van der Waals surface area contributed by atoms with Crippen LogP contribution in [0.25, 0.3) is 11.3 Å². The van der Waals surface area contributed by atoms with Gasteiger partial charge < -0.3 is 5.73 Å². The van der Waals surface area contributed by atoms with Crippen LogP contribution in [0.3, 0.4) is 0 Å². The fourth-order valence-corrected chi connectivity index (χ4v) is 1.95. The van der Waals surface area contributed by atoms with Crippen molar-refractivity contribution >= 4 is 56.7 Å². The monoisotopic (exact) mass is 324 g/mol. The summed E-state index contributed by atoms with van der Waals surface area (Å²) in [6, 6.07) is 5.38. The van der Waals surface area contributed by atoms with E-state index >= 15 is 0 Å². The van der Waals surface area contributed by atoms with Gasteiger partial charge in [-0.2, -0.15) is 0 Å². The molecule has 0 radical (unpaired) electrons. The molecule has 0 fully saturated rings. The van der Waals surface area contributed by atoms with Crippen molar-refractivity contribution in [3.05, 3.63) is 33.6 Å². The third kappa shape index (κ3) is 2.84. The molecule has 2 rings (SSSR count). The fourth-order valence-electron chi connectivity index (χ4n) is 1.08. The Hall–Kier alpha value is -0.290. The third-order valence-corrected chi connectivity index (χ3v) is 3.15. The number of benzene rings is 1. The summed E-state index contributed by atoms with van der Waals surface area (Å²) in [6.07, 6.45) is 0. The molecule has 0 saturated heterocycles. The minimum absolute atomic E-state index is 0. The maximum atomic E-state index is 5.88. The van der Waals surface area contributed by atoms with Crippen LogP contribution in [0.4, 0.5) is 5.13 Å². The second-order valence-corrected chi connectivity index (χ2v) is 4.40. The Labute approximate surface area is 112 Å². The first-order valence-electron chi connectivity index (χ1n) is 3.83. The van der Waals surface area contributed by atoms with E-state index < -0.39 is 0 Å². The number of nitrogen functional groups attached to an aromatic ring is 1. The highest BCUT2D eigenvalue weighted by Gasteiger charge is 2.04. The van der Waals surface area contributed by atoms with Crippen LogP contribution in [-0.4, -0.2) is 4.98 Å². The first-order valence-corrected chi connectivity index (χ1v) is 5.47. The Morgan fingerprint density at radius 3 is 2.47 bits per heavy atom. The van der Waals surface area contributed by atoms with E-state index in [4.69, 9.17) is 28.9 Å². The van der Waals surface area contributed by atoms with E-state index in [0.717, 1.165) is 11.3 Å². The van der Waals surface area contributed by atoms with Crippen LogP contribution in [0.1, 0.15) is 0 Å². The van der Waals surface area contributed by atoms with Crippen LogP contribution in [0.5, 0.6) is 0 Å². The standard InChI is InChI=1S/C9H6Cl2N2S.BrH/c10-6-2-1-5(3-7(6)11)8-4-14-9(12)13-8;/h1-4H,(H2,12,13);1H. The lowest BCUT2D eigenvalue weighted by molar-refractivity contribution is 1.41. The van der Waals surface area contributed by atoms with Gasteiger partial charge in [-0.3, -0.25) is 0 Å². The molecular formula is C9H7BrCl2N2S. The van der Waals surface area contributed by atoms with E-state index in [1.807, 2.05) is 11.4 Å². The first kappa shape index (κ1) is 12.8. The molecule has 0 bridgehead atoms. The molecule has 2 N–H and O–H groups in total. The molecule has 0 spiro atoms. The van der Waals surface area contributed by atoms with Gasteiger partial charge in [-0.1, -0.05) is 29.3 Å². The highest BCUT2D eigenvalue weighted by atomic mass is 79.9. The predicted octanol–water partition coefficient (Wildman–Crippen LogP) is 4.28. The Bertz CT molecular complexity index is 473. The number of thiazole rings is 1. The molecule has 1 aromatic carbocycles. The Morgan fingerprint density at radius 2 is 1.93 bits per heavy atom. The number of halogens is 3. The second-order valence-electron chi connectivity index (χ2n) is 2.70. The highest BCUT2D eigenvalue weighted by molar-refractivity contribution is 8.93. The number of nitrogens with two attached hydrogens (primary N) is 1. The molecule has 0 aliphatic rings. The summed E-state index contributed by atoms with van der Waals surface area (Å²) >= 11 is 13.1. The minimum Gasteiger partial charge on any atom is -0.375 e. The van der Waals surface area contributed by atoms with E-state index in [1.54, 1.807) is 12.1 Å². The molecule has 0 aliphatic heterocycles. The number of anilines is 1. The average Bonchev–Trinajstić information content (AvgIpc) is 2.57. The molecule has 0 amide bonds. The molecule has 0 atom stereocenters. The van der Waals surface area contributed by atoms with Crippen molar-refractivity contribution in [1.82, 2.24) is 4.98 Å². The van der Waals surface area contributed by atoms with Gasteiger partial charge in [0.1, 0.15) is 0 Å². The zero-order valence-electron chi connectivity index (χ0n) is 7.41. The topological polar surface area (TPSA) is 38.9 Å². The molecule has 0 aliphatic carbocycles. The lowest BCUT2D eigenvalue weighted by Gasteiger charge is -1.98. The van der Waals surface area contributed by atoms with Gasteiger partial charge in [0.15, 0.2) is 5.13 Å². The van der Waals surface area contributed by atoms with Crippen LogP contribution in [0.15, 0.2) is 23.6 Å². The number of hydrogen-bond acceptors (Lipinski definition) is 3. The van der Waals surface area contributed by atoms with Gasteiger partial charge in [0, 0.05) is 10.9 Å². The SMILES string of the molecule is Br.Nc1nc(-c2ccc(Cl)c(Cl)c2)cs1. The lowest BCUT2D eigenvalue weighted by atomic mass is 10.2. The zero-order chi connectivity index (χ0) is 10.1. The molecule has 0 unspecified atom stereocenters. The van der Waals surface area contributed by atoms with E-state index in [9.17, 15) is 0 Å². The number of rotatable bonds is 1. The zero-order valence-corrected chi connectivity index (χ0v) is 11.4. The van der Waals surface area contributed by atoms with Crippen molar-refractivity contribution in [1.29, 1.82) is 0 Å². The van der Waals surface area contributed by atoms with E-state index in [-0.39, 0.29) is 17.0 Å². The summed E-state index contributed by atoms with van der Waals surface area (Å²) in [5.74, 6) is 0. The van der Waals surface area contributed by atoms with Crippen LogP contribution in [0, 0.1) is 0 Å². The summed E-state index contributed by atoms with van der Waals surface area (Å²) in [7, 11) is 0. The predicted molar refractivity (Wildman–Crippen MR) is 72.3 cm³/mol. The van der Waals surface area contributed by atoms with E-state index in [1.165, 1.54) is 11.3 Å². The van der Waals surface area contributed by atoms with Gasteiger partial charge in [0.25, 0.3) is 0 Å². The second kappa shape index (κ2) is 5.16. The van der Waals surface area contributed by atoms with Gasteiger partial charge in [0.2, 0.25) is 0 Å². The van der Waals surface area contributed by atoms with Gasteiger partial charge in [-0.15, -0.1) is 28.3 Å². The summed E-state index contributed by atoms with van der Waals surface area (Å²) in [6.45, 7) is 0. The summed E-state index contributed by atoms with van der Waals surface area (Å²) in [4.78, 5) is 4.15. The van der Waals surface area contributed by atoms with Crippen LogP contribution < -0.4 is 5.73 Å². The molecule has 15 heavy (non-hydrogen) atoms. The number of nitrogens with zero attached hydrogens (tertiary/aromatic N) is 1. The normalized spacial score (nSPS) is 9.73. The van der Waals surface area contributed by atoms with E-state index in [0.29, 0.717) is 15.2 Å². The van der Waals surface area contributed by atoms with E-state index in [2.05, 4.69) is 4.98 Å². The maximum Gasteiger partial charge on any atom is 0.180 e. The van der Waals surface area contributed by atoms with Crippen LogP contribution >= 0.6 is 51.5 Å². The average molecular weight is 326 g/mol. The van der Waals surface area contributed by atoms with Gasteiger partial charge in [-0.05, 0) is 12.1 Å². The van der Waals surface area contributed by atoms with Gasteiger partial charge in [-0.25, -0.2) is 4.98 Å². The van der Waals surface area contributed by atoms with Crippen molar-refractivity contribution in [2.45, 2.75) is 0 Å². The van der Waals surface area contributed by atoms with Crippen molar-refractivity contribution < 1.29 is 0 Å². The molecule has 2 aromatic rings. The third-order valence-electron chi connectivity index (χ3n) is 1.74. The molecule has 6 heteroatoms. The van der Waals surface area contributed by atoms with Crippen molar-refractivity contribution in [3.63, 3.8) is 0 Å². The fraction of sp³-hybridized carbons (Fsp3) is 0. The highest BCUT2D eigenvalue weighted by Crippen LogP contribution is 2.29. The lowest BCUT2D eigenvalue weighted by Crippen LogP contribution is -1.83. The quantitative estimate of drug-likeness (QED) is 0.850. The molecule has 0 saturated carbocycles. The Balaban J connectivity index is 0.00000112. The Morgan fingerprint density at radius 1 is 1.20 bits per heavy atom. The van der Waals surface area contributed by atoms with Gasteiger partial charge in [0.05, 0.1) is 15.7 Å². The molecule has 2 nitrogen and oxygen atoms in total.